The van der Waals surface area contributed by atoms with Crippen LogP contribution in [0.15, 0.2) is 65.1 Å². The average Bonchev–Trinajstić information content (AvgIpc) is 3.15. The molecule has 30 heavy (non-hydrogen) atoms. The molecule has 1 heterocycles. The molecule has 0 atom stereocenters. The van der Waals surface area contributed by atoms with Crippen molar-refractivity contribution in [2.24, 2.45) is 0 Å². The summed E-state index contributed by atoms with van der Waals surface area (Å²) >= 11 is 18.6. The molecule has 7 heteroatoms. The first kappa shape index (κ1) is 20.3. The quantitative estimate of drug-likeness (QED) is 0.294. The second-order valence-electron chi connectivity index (χ2n) is 6.38. The van der Waals surface area contributed by atoms with Crippen molar-refractivity contribution in [1.82, 2.24) is 4.98 Å². The van der Waals surface area contributed by atoms with E-state index in [-0.39, 0.29) is 18.1 Å². The summed E-state index contributed by atoms with van der Waals surface area (Å²) in [6, 6.07) is 20.0. The molecule has 0 radical (unpaired) electrons. The standard InChI is InChI=1S/C23H13Cl3N2O2/c24-17-5-3-4-14(8-17)13-29-22-15(10-18(25)11-19(22)26)9-16(12-27)23-28-20-6-1-2-7-21(20)30-23/h1-11H,13H2/b16-9+. The second kappa shape index (κ2) is 8.81. The lowest BCUT2D eigenvalue weighted by molar-refractivity contribution is 0.306. The topological polar surface area (TPSA) is 59.0 Å². The van der Waals surface area contributed by atoms with Gasteiger partial charge in [-0.1, -0.05) is 59.1 Å². The Labute approximate surface area is 187 Å². The fourth-order valence-electron chi connectivity index (χ4n) is 2.91. The molecule has 4 nitrogen and oxygen atoms in total. The van der Waals surface area contributed by atoms with Crippen LogP contribution in [0.25, 0.3) is 22.7 Å². The number of rotatable bonds is 5. The lowest BCUT2D eigenvalue weighted by Crippen LogP contribution is -1.98. The number of para-hydroxylation sites is 2. The number of ether oxygens (including phenoxy) is 1. The number of allylic oxidation sites excluding steroid dienone is 1. The van der Waals surface area contributed by atoms with Crippen LogP contribution in [0.2, 0.25) is 15.1 Å². The summed E-state index contributed by atoms with van der Waals surface area (Å²) < 4.78 is 11.7. The zero-order chi connectivity index (χ0) is 21.1. The molecule has 3 aromatic carbocycles. The van der Waals surface area contributed by atoms with Crippen molar-refractivity contribution < 1.29 is 9.15 Å². The van der Waals surface area contributed by atoms with E-state index in [9.17, 15) is 5.26 Å². The van der Waals surface area contributed by atoms with Crippen LogP contribution >= 0.6 is 34.8 Å². The molecule has 0 spiro atoms. The van der Waals surface area contributed by atoms with Crippen molar-refractivity contribution in [3.05, 3.63) is 92.7 Å². The molecule has 0 amide bonds. The highest BCUT2D eigenvalue weighted by molar-refractivity contribution is 6.36. The number of aromatic nitrogens is 1. The Kier molecular flexibility index (Phi) is 5.96. The van der Waals surface area contributed by atoms with E-state index >= 15 is 0 Å². The Hall–Kier alpha value is -2.97. The highest BCUT2D eigenvalue weighted by Crippen LogP contribution is 2.36. The highest BCUT2D eigenvalue weighted by atomic mass is 35.5. The third-order valence-corrected chi connectivity index (χ3v) is 4.99. The highest BCUT2D eigenvalue weighted by Gasteiger charge is 2.15. The number of nitriles is 1. The van der Waals surface area contributed by atoms with Gasteiger partial charge in [-0.15, -0.1) is 0 Å². The number of nitrogens with zero attached hydrogens (tertiary/aromatic N) is 2. The second-order valence-corrected chi connectivity index (χ2v) is 7.66. The number of oxazole rings is 1. The smallest absolute Gasteiger partial charge is 0.238 e. The number of fused-ring (bicyclic) bond motifs is 1. The van der Waals surface area contributed by atoms with Gasteiger partial charge in [0.25, 0.3) is 0 Å². The number of hydrogen-bond acceptors (Lipinski definition) is 4. The zero-order valence-electron chi connectivity index (χ0n) is 15.4. The van der Waals surface area contributed by atoms with Gasteiger partial charge >= 0.3 is 0 Å². The minimum Gasteiger partial charge on any atom is -0.487 e. The van der Waals surface area contributed by atoms with E-state index in [4.69, 9.17) is 44.0 Å². The summed E-state index contributed by atoms with van der Waals surface area (Å²) in [5, 5.41) is 11.0. The van der Waals surface area contributed by atoms with Crippen molar-refractivity contribution in [1.29, 1.82) is 5.26 Å². The fraction of sp³-hybridized carbons (Fsp3) is 0.0435. The Balaban J connectivity index is 1.72. The maximum absolute atomic E-state index is 9.69. The van der Waals surface area contributed by atoms with Crippen LogP contribution < -0.4 is 4.74 Å². The van der Waals surface area contributed by atoms with Gasteiger partial charge in [0.05, 0.1) is 5.02 Å². The summed E-state index contributed by atoms with van der Waals surface area (Å²) in [6.45, 7) is 0.244. The minimum atomic E-state index is 0.204. The Morgan fingerprint density at radius 3 is 2.63 bits per heavy atom. The van der Waals surface area contributed by atoms with E-state index in [0.29, 0.717) is 37.5 Å². The summed E-state index contributed by atoms with van der Waals surface area (Å²) in [4.78, 5) is 4.38. The van der Waals surface area contributed by atoms with E-state index < -0.39 is 0 Å². The van der Waals surface area contributed by atoms with Gasteiger partial charge in [-0.3, -0.25) is 0 Å². The lowest BCUT2D eigenvalue weighted by atomic mass is 10.1. The van der Waals surface area contributed by atoms with Crippen molar-refractivity contribution in [3.63, 3.8) is 0 Å². The van der Waals surface area contributed by atoms with Gasteiger partial charge in [0, 0.05) is 15.6 Å². The molecular weight excluding hydrogens is 443 g/mol. The van der Waals surface area contributed by atoms with E-state index in [1.807, 2.05) is 30.3 Å². The molecule has 4 aromatic rings. The molecule has 4 rings (SSSR count). The summed E-state index contributed by atoms with van der Waals surface area (Å²) in [5.41, 5.74) is 2.89. The molecule has 0 N–H and O–H groups in total. The SMILES string of the molecule is N#C/C(=C\c1cc(Cl)cc(Cl)c1OCc1cccc(Cl)c1)c1nc2ccccc2o1. The van der Waals surface area contributed by atoms with E-state index in [0.717, 1.165) is 5.56 Å². The molecule has 0 aliphatic rings. The van der Waals surface area contributed by atoms with Crippen molar-refractivity contribution >= 4 is 57.6 Å². The van der Waals surface area contributed by atoms with Gasteiger partial charge in [0.2, 0.25) is 5.89 Å². The summed E-state index contributed by atoms with van der Waals surface area (Å²) in [6.07, 6.45) is 1.59. The van der Waals surface area contributed by atoms with Gasteiger partial charge in [0.1, 0.15) is 29.5 Å². The number of halogens is 3. The van der Waals surface area contributed by atoms with Gasteiger partial charge in [-0.25, -0.2) is 4.98 Å². The average molecular weight is 456 g/mol. The molecular formula is C23H13Cl3N2O2. The first-order chi connectivity index (χ1) is 14.5. The van der Waals surface area contributed by atoms with Gasteiger partial charge < -0.3 is 9.15 Å². The molecule has 0 saturated heterocycles. The summed E-state index contributed by atoms with van der Waals surface area (Å²) in [7, 11) is 0. The maximum Gasteiger partial charge on any atom is 0.238 e. The first-order valence-corrected chi connectivity index (χ1v) is 10.0. The third kappa shape index (κ3) is 4.44. The molecule has 0 bridgehead atoms. The van der Waals surface area contributed by atoms with Crippen LogP contribution in [0.4, 0.5) is 0 Å². The van der Waals surface area contributed by atoms with Crippen molar-refractivity contribution in [3.8, 4) is 11.8 Å². The summed E-state index contributed by atoms with van der Waals surface area (Å²) in [5.74, 6) is 0.598. The van der Waals surface area contributed by atoms with E-state index in [1.54, 1.807) is 36.4 Å². The normalized spacial score (nSPS) is 11.5. The maximum atomic E-state index is 9.69. The Morgan fingerprint density at radius 1 is 1.03 bits per heavy atom. The number of hydrogen-bond donors (Lipinski definition) is 0. The lowest BCUT2D eigenvalue weighted by Gasteiger charge is -2.12. The zero-order valence-corrected chi connectivity index (χ0v) is 17.7. The minimum absolute atomic E-state index is 0.204. The third-order valence-electron chi connectivity index (χ3n) is 4.25. The van der Waals surface area contributed by atoms with Crippen LogP contribution in [-0.4, -0.2) is 4.98 Å². The van der Waals surface area contributed by atoms with Crippen LogP contribution in [0, 0.1) is 11.3 Å². The first-order valence-electron chi connectivity index (χ1n) is 8.87. The van der Waals surface area contributed by atoms with Crippen LogP contribution in [-0.2, 0) is 6.61 Å². The van der Waals surface area contributed by atoms with Gasteiger partial charge in [-0.05, 0) is 48.0 Å². The monoisotopic (exact) mass is 454 g/mol. The Morgan fingerprint density at radius 2 is 1.87 bits per heavy atom. The predicted octanol–water partition coefficient (Wildman–Crippen LogP) is 7.43. The van der Waals surface area contributed by atoms with Crippen molar-refractivity contribution in [2.45, 2.75) is 6.61 Å². The van der Waals surface area contributed by atoms with Gasteiger partial charge in [0.15, 0.2) is 5.58 Å². The molecule has 148 valence electrons. The van der Waals surface area contributed by atoms with Crippen LogP contribution in [0.3, 0.4) is 0 Å². The predicted molar refractivity (Wildman–Crippen MR) is 120 cm³/mol. The molecule has 1 aromatic heterocycles. The molecule has 0 fully saturated rings. The fourth-order valence-corrected chi connectivity index (χ4v) is 3.68. The van der Waals surface area contributed by atoms with Gasteiger partial charge in [-0.2, -0.15) is 5.26 Å². The Bertz CT molecular complexity index is 1270. The number of benzene rings is 3. The van der Waals surface area contributed by atoms with Crippen LogP contribution in [0.5, 0.6) is 5.75 Å². The molecule has 0 aliphatic heterocycles. The van der Waals surface area contributed by atoms with Crippen molar-refractivity contribution in [2.75, 3.05) is 0 Å². The molecule has 0 unspecified atom stereocenters. The molecule has 0 saturated carbocycles. The van der Waals surface area contributed by atoms with E-state index in [1.165, 1.54) is 0 Å². The largest absolute Gasteiger partial charge is 0.487 e. The molecule has 0 aliphatic carbocycles. The van der Waals surface area contributed by atoms with Crippen LogP contribution in [0.1, 0.15) is 17.0 Å². The van der Waals surface area contributed by atoms with E-state index in [2.05, 4.69) is 11.1 Å².